The maximum absolute atomic E-state index is 12.4. The van der Waals surface area contributed by atoms with Gasteiger partial charge < -0.3 is 5.32 Å². The molecule has 1 unspecified atom stereocenters. The normalized spacial score (nSPS) is 22.5. The average Bonchev–Trinajstić information content (AvgIpc) is 2.31. The number of nitrogens with one attached hydrogen (secondary N) is 1. The van der Waals surface area contributed by atoms with Crippen LogP contribution >= 0.6 is 15.9 Å². The van der Waals surface area contributed by atoms with Gasteiger partial charge in [0.05, 0.1) is 10.2 Å². The molecule has 0 radical (unpaired) electrons. The summed E-state index contributed by atoms with van der Waals surface area (Å²) in [6.45, 7) is 4.38. The van der Waals surface area contributed by atoms with Crippen molar-refractivity contribution in [2.75, 3.05) is 5.32 Å². The number of carbonyl (C=O) groups is 1. The van der Waals surface area contributed by atoms with E-state index < -0.39 is 0 Å². The van der Waals surface area contributed by atoms with Crippen LogP contribution in [0, 0.1) is 11.3 Å². The predicted octanol–water partition coefficient (Wildman–Crippen LogP) is 4.00. The highest BCUT2D eigenvalue weighted by Gasteiger charge is 2.37. The smallest absolute Gasteiger partial charge is 0.228 e. The predicted molar refractivity (Wildman–Crippen MR) is 76.3 cm³/mol. The van der Waals surface area contributed by atoms with Crippen molar-refractivity contribution in [3.05, 3.63) is 22.9 Å². The van der Waals surface area contributed by atoms with E-state index in [0.29, 0.717) is 0 Å². The number of rotatable bonds is 2. The lowest BCUT2D eigenvalue weighted by Gasteiger charge is -2.37. The van der Waals surface area contributed by atoms with Crippen molar-refractivity contribution in [3.8, 4) is 0 Å². The fourth-order valence-electron chi connectivity index (χ4n) is 2.68. The molecule has 3 nitrogen and oxygen atoms in total. The van der Waals surface area contributed by atoms with Crippen LogP contribution in [-0.4, -0.2) is 10.9 Å². The summed E-state index contributed by atoms with van der Waals surface area (Å²) in [5, 5.41) is 3.01. The summed E-state index contributed by atoms with van der Waals surface area (Å²) < 4.78 is 0.826. The zero-order valence-corrected chi connectivity index (χ0v) is 12.5. The van der Waals surface area contributed by atoms with E-state index in [1.807, 2.05) is 6.07 Å². The molecule has 0 saturated heterocycles. The number of anilines is 1. The molecular formula is C14H19BrN2O. The Hall–Kier alpha value is -0.900. The van der Waals surface area contributed by atoms with Gasteiger partial charge in [0.15, 0.2) is 0 Å². The fourth-order valence-corrected chi connectivity index (χ4v) is 3.03. The lowest BCUT2D eigenvalue weighted by atomic mass is 9.68. The monoisotopic (exact) mass is 310 g/mol. The van der Waals surface area contributed by atoms with Crippen LogP contribution in [0.3, 0.4) is 0 Å². The molecule has 1 aliphatic carbocycles. The van der Waals surface area contributed by atoms with Crippen LogP contribution in [-0.2, 0) is 4.79 Å². The topological polar surface area (TPSA) is 42.0 Å². The molecule has 0 bridgehead atoms. The maximum atomic E-state index is 12.4. The van der Waals surface area contributed by atoms with Gasteiger partial charge in [-0.05, 0) is 40.3 Å². The molecule has 0 spiro atoms. The SMILES string of the molecule is CC1(C)CCCCC1C(=O)Nc1ccncc1Br. The van der Waals surface area contributed by atoms with E-state index in [1.54, 1.807) is 12.4 Å². The second-order valence-corrected chi connectivity index (χ2v) is 6.49. The summed E-state index contributed by atoms with van der Waals surface area (Å²) >= 11 is 3.40. The molecule has 1 aromatic rings. The third-order valence-corrected chi connectivity index (χ3v) is 4.49. The number of hydrogen-bond acceptors (Lipinski definition) is 2. The standard InChI is InChI=1S/C14H19BrN2O/c1-14(2)7-4-3-5-10(14)13(18)17-12-6-8-16-9-11(12)15/h6,8-10H,3-5,7H2,1-2H3,(H,16,17,18). The van der Waals surface area contributed by atoms with E-state index in [0.717, 1.165) is 29.4 Å². The Bertz CT molecular complexity index is 445. The highest BCUT2D eigenvalue weighted by atomic mass is 79.9. The number of aromatic nitrogens is 1. The van der Waals surface area contributed by atoms with Crippen LogP contribution in [0.2, 0.25) is 0 Å². The first-order valence-electron chi connectivity index (χ1n) is 6.41. The minimum absolute atomic E-state index is 0.0990. The molecule has 1 heterocycles. The van der Waals surface area contributed by atoms with Crippen LogP contribution in [0.15, 0.2) is 22.9 Å². The average molecular weight is 311 g/mol. The largest absolute Gasteiger partial charge is 0.325 e. The van der Waals surface area contributed by atoms with Crippen LogP contribution < -0.4 is 5.32 Å². The van der Waals surface area contributed by atoms with Crippen molar-refractivity contribution in [1.82, 2.24) is 4.98 Å². The summed E-state index contributed by atoms with van der Waals surface area (Å²) in [5.74, 6) is 0.234. The Balaban J connectivity index is 2.10. The van der Waals surface area contributed by atoms with Gasteiger partial charge in [0.2, 0.25) is 5.91 Å². The number of halogens is 1. The second-order valence-electron chi connectivity index (χ2n) is 5.63. The third kappa shape index (κ3) is 2.91. The third-order valence-electron chi connectivity index (χ3n) is 3.85. The summed E-state index contributed by atoms with van der Waals surface area (Å²) in [6, 6.07) is 1.82. The number of carbonyl (C=O) groups excluding carboxylic acids is 1. The number of pyridine rings is 1. The minimum atomic E-state index is 0.0990. The molecule has 2 rings (SSSR count). The number of amides is 1. The molecule has 0 aliphatic heterocycles. The van der Waals surface area contributed by atoms with Crippen molar-refractivity contribution in [2.45, 2.75) is 39.5 Å². The molecule has 1 aliphatic rings. The van der Waals surface area contributed by atoms with Crippen LogP contribution in [0.4, 0.5) is 5.69 Å². The first kappa shape index (κ1) is 13.5. The summed E-state index contributed by atoms with van der Waals surface area (Å²) in [7, 11) is 0. The van der Waals surface area contributed by atoms with Gasteiger partial charge in [0.25, 0.3) is 0 Å². The molecule has 1 amide bonds. The van der Waals surface area contributed by atoms with E-state index >= 15 is 0 Å². The van der Waals surface area contributed by atoms with Crippen molar-refractivity contribution >= 4 is 27.5 Å². The van der Waals surface area contributed by atoms with Crippen molar-refractivity contribution in [1.29, 1.82) is 0 Å². The Labute approximate surface area is 117 Å². The van der Waals surface area contributed by atoms with Crippen LogP contribution in [0.25, 0.3) is 0 Å². The quantitative estimate of drug-likeness (QED) is 0.897. The van der Waals surface area contributed by atoms with E-state index in [9.17, 15) is 4.79 Å². The molecule has 1 fully saturated rings. The van der Waals surface area contributed by atoms with Crippen molar-refractivity contribution in [2.24, 2.45) is 11.3 Å². The zero-order chi connectivity index (χ0) is 13.2. The Kier molecular flexibility index (Phi) is 4.05. The Morgan fingerprint density at radius 3 is 2.94 bits per heavy atom. The molecule has 1 saturated carbocycles. The van der Waals surface area contributed by atoms with Gasteiger partial charge in [-0.1, -0.05) is 26.7 Å². The van der Waals surface area contributed by atoms with Gasteiger partial charge in [0.1, 0.15) is 0 Å². The molecule has 18 heavy (non-hydrogen) atoms. The van der Waals surface area contributed by atoms with E-state index in [-0.39, 0.29) is 17.2 Å². The summed E-state index contributed by atoms with van der Waals surface area (Å²) in [4.78, 5) is 16.4. The lowest BCUT2D eigenvalue weighted by Crippen LogP contribution is -2.37. The highest BCUT2D eigenvalue weighted by Crippen LogP contribution is 2.41. The maximum Gasteiger partial charge on any atom is 0.228 e. The number of nitrogens with zero attached hydrogens (tertiary/aromatic N) is 1. The molecule has 0 aromatic carbocycles. The van der Waals surface area contributed by atoms with Gasteiger partial charge >= 0.3 is 0 Å². The van der Waals surface area contributed by atoms with E-state index in [1.165, 1.54) is 6.42 Å². The molecule has 1 N–H and O–H groups in total. The molecule has 4 heteroatoms. The van der Waals surface area contributed by atoms with Gasteiger partial charge in [-0.25, -0.2) is 0 Å². The molecule has 1 aromatic heterocycles. The second kappa shape index (κ2) is 5.39. The minimum Gasteiger partial charge on any atom is -0.325 e. The van der Waals surface area contributed by atoms with Crippen LogP contribution in [0.1, 0.15) is 39.5 Å². The van der Waals surface area contributed by atoms with Gasteiger partial charge in [-0.15, -0.1) is 0 Å². The Morgan fingerprint density at radius 1 is 1.50 bits per heavy atom. The fraction of sp³-hybridized carbons (Fsp3) is 0.571. The van der Waals surface area contributed by atoms with Crippen LogP contribution in [0.5, 0.6) is 0 Å². The molecular weight excluding hydrogens is 292 g/mol. The van der Waals surface area contributed by atoms with Gasteiger partial charge in [-0.2, -0.15) is 0 Å². The first-order valence-corrected chi connectivity index (χ1v) is 7.20. The van der Waals surface area contributed by atoms with E-state index in [4.69, 9.17) is 0 Å². The van der Waals surface area contributed by atoms with Crippen molar-refractivity contribution < 1.29 is 4.79 Å². The lowest BCUT2D eigenvalue weighted by molar-refractivity contribution is -0.124. The van der Waals surface area contributed by atoms with Crippen molar-refractivity contribution in [3.63, 3.8) is 0 Å². The van der Waals surface area contributed by atoms with Gasteiger partial charge in [0, 0.05) is 18.3 Å². The summed E-state index contributed by atoms with van der Waals surface area (Å²) in [5.41, 5.74) is 0.901. The molecule has 1 atom stereocenters. The Morgan fingerprint density at radius 2 is 2.28 bits per heavy atom. The number of hydrogen-bond donors (Lipinski definition) is 1. The van der Waals surface area contributed by atoms with E-state index in [2.05, 4.69) is 40.1 Å². The summed E-state index contributed by atoms with van der Waals surface area (Å²) in [6.07, 6.45) is 7.88. The molecule has 98 valence electrons. The first-order chi connectivity index (χ1) is 8.50. The zero-order valence-electron chi connectivity index (χ0n) is 10.9. The highest BCUT2D eigenvalue weighted by molar-refractivity contribution is 9.10. The van der Waals surface area contributed by atoms with Gasteiger partial charge in [-0.3, -0.25) is 9.78 Å².